The van der Waals surface area contributed by atoms with Crippen LogP contribution in [-0.4, -0.2) is 14.5 Å². The summed E-state index contributed by atoms with van der Waals surface area (Å²) in [6.07, 6.45) is 1.27. The van der Waals surface area contributed by atoms with Gasteiger partial charge in [0.2, 0.25) is 0 Å². The van der Waals surface area contributed by atoms with Gasteiger partial charge in [-0.2, -0.15) is 0 Å². The van der Waals surface area contributed by atoms with Gasteiger partial charge in [-0.05, 0) is 41.9 Å². The van der Waals surface area contributed by atoms with Crippen molar-refractivity contribution in [1.82, 2.24) is 0 Å². The van der Waals surface area contributed by atoms with Gasteiger partial charge in [-0.1, -0.05) is 31.9 Å². The van der Waals surface area contributed by atoms with E-state index in [1.54, 1.807) is 0 Å². The van der Waals surface area contributed by atoms with Crippen LogP contribution < -0.4 is 0 Å². The van der Waals surface area contributed by atoms with E-state index in [0.29, 0.717) is 23.5 Å². The Balaban J connectivity index is 2.12. The molecule has 0 heterocycles. The third-order valence-corrected chi connectivity index (χ3v) is 5.61. The van der Waals surface area contributed by atoms with Gasteiger partial charge in [0.05, 0.1) is 0 Å². The Kier molecular flexibility index (Phi) is 2.73. The Morgan fingerprint density at radius 1 is 1.14 bits per heavy atom. The highest BCUT2D eigenvalue weighted by Crippen LogP contribution is 2.57. The predicted octanol–water partition coefficient (Wildman–Crippen LogP) is 2.04. The molecule has 2 aliphatic carbocycles. The highest BCUT2D eigenvalue weighted by molar-refractivity contribution is 7.79. The zero-order valence-electron chi connectivity index (χ0n) is 9.10. The summed E-state index contributed by atoms with van der Waals surface area (Å²) in [5.74, 6) is 4.41. The van der Waals surface area contributed by atoms with Crippen LogP contribution in [0.1, 0.15) is 27.2 Å². The molecule has 2 nitrogen and oxygen atoms in total. The molecule has 7 unspecified atom stereocenters. The Morgan fingerprint density at radius 2 is 1.71 bits per heavy atom. The predicted molar refractivity (Wildman–Crippen MR) is 56.4 cm³/mol. The molecular weight excluding hydrogens is 196 g/mol. The zero-order chi connectivity index (χ0) is 10.5. The fraction of sp³-hybridized carbons (Fsp3) is 1.00. The first-order valence-corrected chi connectivity index (χ1v) is 6.82. The van der Waals surface area contributed by atoms with Gasteiger partial charge in [-0.3, -0.25) is 4.21 Å². The van der Waals surface area contributed by atoms with Crippen LogP contribution in [0.15, 0.2) is 0 Å². The molecule has 82 valence electrons. The number of hydrogen-bond acceptors (Lipinski definition) is 2. The van der Waals surface area contributed by atoms with E-state index in [4.69, 9.17) is 0 Å². The molecule has 0 spiro atoms. The normalized spacial score (nSPS) is 53.7. The lowest BCUT2D eigenvalue weighted by atomic mass is 9.71. The van der Waals surface area contributed by atoms with Gasteiger partial charge < -0.3 is 4.55 Å². The molecule has 2 aliphatic rings. The summed E-state index contributed by atoms with van der Waals surface area (Å²) in [6, 6.07) is 0. The van der Waals surface area contributed by atoms with E-state index in [1.165, 1.54) is 6.42 Å². The zero-order valence-corrected chi connectivity index (χ0v) is 9.92. The third-order valence-electron chi connectivity index (χ3n) is 4.95. The molecule has 0 aliphatic heterocycles. The third kappa shape index (κ3) is 1.45. The van der Waals surface area contributed by atoms with Crippen LogP contribution in [0.25, 0.3) is 0 Å². The molecule has 0 aromatic carbocycles. The van der Waals surface area contributed by atoms with Crippen LogP contribution in [0.5, 0.6) is 0 Å². The molecule has 0 radical (unpaired) electrons. The second kappa shape index (κ2) is 3.60. The van der Waals surface area contributed by atoms with E-state index >= 15 is 0 Å². The van der Waals surface area contributed by atoms with Crippen LogP contribution >= 0.6 is 0 Å². The maximum Gasteiger partial charge on any atom is 0.0135 e. The van der Waals surface area contributed by atoms with Crippen molar-refractivity contribution < 1.29 is 8.76 Å². The average Bonchev–Trinajstić information content (AvgIpc) is 2.54. The summed E-state index contributed by atoms with van der Waals surface area (Å²) < 4.78 is 21.5. The van der Waals surface area contributed by atoms with E-state index in [0.717, 1.165) is 17.8 Å². The first kappa shape index (κ1) is 10.6. The van der Waals surface area contributed by atoms with Gasteiger partial charge in [0.15, 0.2) is 0 Å². The highest BCUT2D eigenvalue weighted by Gasteiger charge is 2.52. The van der Waals surface area contributed by atoms with Crippen molar-refractivity contribution in [1.29, 1.82) is 0 Å². The minimum atomic E-state index is -1.85. The van der Waals surface area contributed by atoms with Crippen LogP contribution in [0.2, 0.25) is 0 Å². The molecule has 2 bridgehead atoms. The lowest BCUT2D eigenvalue weighted by Crippen LogP contribution is -2.33. The fourth-order valence-electron chi connectivity index (χ4n) is 3.92. The first-order valence-electron chi connectivity index (χ1n) is 5.58. The Morgan fingerprint density at radius 3 is 2.21 bits per heavy atom. The average molecular weight is 215 g/mol. The molecule has 14 heavy (non-hydrogen) atoms. The largest absolute Gasteiger partial charge is 0.772 e. The topological polar surface area (TPSA) is 40.1 Å². The van der Waals surface area contributed by atoms with E-state index in [1.807, 2.05) is 0 Å². The molecule has 0 saturated heterocycles. The monoisotopic (exact) mass is 215 g/mol. The van der Waals surface area contributed by atoms with Crippen molar-refractivity contribution in [3.8, 4) is 0 Å². The minimum Gasteiger partial charge on any atom is -0.772 e. The van der Waals surface area contributed by atoms with E-state index in [-0.39, 0.29) is 0 Å². The van der Waals surface area contributed by atoms with Crippen LogP contribution in [0.3, 0.4) is 0 Å². The summed E-state index contributed by atoms with van der Waals surface area (Å²) >= 11 is -1.85. The molecule has 2 fully saturated rings. The van der Waals surface area contributed by atoms with E-state index in [2.05, 4.69) is 20.8 Å². The van der Waals surface area contributed by atoms with E-state index < -0.39 is 11.1 Å². The standard InChI is InChI=1S/C11H20O2S/c1-6-7(2)10-4-9(6)8(3)11(10)5-14(12)13/h6-11H,4-5H2,1-3H3,(H,12,13)/p-1. The number of rotatable bonds is 2. The van der Waals surface area contributed by atoms with Gasteiger partial charge in [0, 0.05) is 5.75 Å². The number of fused-ring (bicyclic) bond motifs is 2. The van der Waals surface area contributed by atoms with Gasteiger partial charge in [0.1, 0.15) is 0 Å². The molecule has 3 heteroatoms. The number of hydrogen-bond donors (Lipinski definition) is 0. The first-order chi connectivity index (χ1) is 6.52. The fourth-order valence-corrected chi connectivity index (χ4v) is 4.79. The molecule has 2 saturated carbocycles. The second-order valence-electron chi connectivity index (χ2n) is 5.28. The van der Waals surface area contributed by atoms with Crippen molar-refractivity contribution in [2.75, 3.05) is 5.75 Å². The maximum atomic E-state index is 10.8. The summed E-state index contributed by atoms with van der Waals surface area (Å²) in [4.78, 5) is 0. The van der Waals surface area contributed by atoms with Crippen molar-refractivity contribution >= 4 is 11.1 Å². The van der Waals surface area contributed by atoms with Crippen LogP contribution in [0, 0.1) is 35.5 Å². The van der Waals surface area contributed by atoms with Crippen LogP contribution in [0.4, 0.5) is 0 Å². The maximum absolute atomic E-state index is 10.8. The molecule has 0 N–H and O–H groups in total. The summed E-state index contributed by atoms with van der Waals surface area (Å²) in [7, 11) is 0. The van der Waals surface area contributed by atoms with E-state index in [9.17, 15) is 8.76 Å². The lowest BCUT2D eigenvalue weighted by Gasteiger charge is -2.37. The van der Waals surface area contributed by atoms with Crippen LogP contribution in [-0.2, 0) is 11.1 Å². The minimum absolute atomic E-state index is 0.388. The van der Waals surface area contributed by atoms with Gasteiger partial charge in [0.25, 0.3) is 0 Å². The molecule has 0 aromatic rings. The molecule has 0 amide bonds. The van der Waals surface area contributed by atoms with Gasteiger partial charge >= 0.3 is 0 Å². The van der Waals surface area contributed by atoms with Gasteiger partial charge in [-0.15, -0.1) is 0 Å². The second-order valence-corrected chi connectivity index (χ2v) is 6.22. The smallest absolute Gasteiger partial charge is 0.0135 e. The SMILES string of the molecule is CC1C(C)C2CC1C(C)C2CS(=O)[O-]. The quantitative estimate of drug-likeness (QED) is 0.661. The Labute approximate surface area is 88.8 Å². The highest BCUT2D eigenvalue weighted by atomic mass is 32.2. The van der Waals surface area contributed by atoms with Crippen molar-refractivity contribution in [3.05, 3.63) is 0 Å². The van der Waals surface area contributed by atoms with Crippen molar-refractivity contribution in [2.45, 2.75) is 27.2 Å². The molecular formula is C11H19O2S-. The lowest BCUT2D eigenvalue weighted by molar-refractivity contribution is 0.141. The van der Waals surface area contributed by atoms with Crippen molar-refractivity contribution in [2.24, 2.45) is 35.5 Å². The van der Waals surface area contributed by atoms with Gasteiger partial charge in [-0.25, -0.2) is 0 Å². The molecule has 0 aromatic heterocycles. The summed E-state index contributed by atoms with van der Waals surface area (Å²) in [5, 5.41) is 0. The van der Waals surface area contributed by atoms with Crippen molar-refractivity contribution in [3.63, 3.8) is 0 Å². The Hall–Kier alpha value is 0.110. The summed E-state index contributed by atoms with van der Waals surface area (Å²) in [6.45, 7) is 6.86. The Bertz CT molecular complexity index is 254. The molecule has 7 atom stereocenters. The molecule has 2 rings (SSSR count). The summed E-state index contributed by atoms with van der Waals surface area (Å²) in [5.41, 5.74) is 0.